The van der Waals surface area contributed by atoms with Gasteiger partial charge in [0.1, 0.15) is 11.3 Å². The van der Waals surface area contributed by atoms with Crippen molar-refractivity contribution in [2.24, 2.45) is 0 Å². The van der Waals surface area contributed by atoms with Crippen molar-refractivity contribution in [1.29, 1.82) is 0 Å². The van der Waals surface area contributed by atoms with Crippen LogP contribution in [-0.4, -0.2) is 30.6 Å². The number of hydrogen-bond donors (Lipinski definition) is 2. The Bertz CT molecular complexity index is 982. The molecule has 0 amide bonds. The smallest absolute Gasteiger partial charge is 0.336 e. The summed E-state index contributed by atoms with van der Waals surface area (Å²) in [6.45, 7) is 3.72. The first-order valence-corrected chi connectivity index (χ1v) is 9.70. The predicted octanol–water partition coefficient (Wildman–Crippen LogP) is 2.13. The molecular formula is C16H18ClNO5S. The summed E-state index contributed by atoms with van der Waals surface area (Å²) in [5.41, 5.74) is 0.198. The van der Waals surface area contributed by atoms with Crippen molar-refractivity contribution in [1.82, 2.24) is 5.32 Å². The van der Waals surface area contributed by atoms with Gasteiger partial charge in [0.05, 0.1) is 22.1 Å². The minimum Gasteiger partial charge on any atom is -0.506 e. The monoisotopic (exact) mass is 371 g/mol. The average Bonchev–Trinajstić information content (AvgIpc) is 2.75. The maximum absolute atomic E-state index is 11.7. The fourth-order valence-corrected chi connectivity index (χ4v) is 5.43. The Kier molecular flexibility index (Phi) is 4.14. The van der Waals surface area contributed by atoms with Crippen LogP contribution in [0.3, 0.4) is 0 Å². The van der Waals surface area contributed by atoms with E-state index in [0.717, 1.165) is 0 Å². The van der Waals surface area contributed by atoms with E-state index in [1.807, 2.05) is 6.92 Å². The molecular weight excluding hydrogens is 354 g/mol. The Hall–Kier alpha value is -1.57. The molecule has 8 heteroatoms. The molecule has 1 aliphatic heterocycles. The van der Waals surface area contributed by atoms with Crippen molar-refractivity contribution in [3.63, 3.8) is 0 Å². The molecule has 0 bridgehead atoms. The van der Waals surface area contributed by atoms with Crippen LogP contribution >= 0.6 is 11.6 Å². The van der Waals surface area contributed by atoms with Crippen molar-refractivity contribution in [3.8, 4) is 5.75 Å². The van der Waals surface area contributed by atoms with E-state index in [4.69, 9.17) is 16.0 Å². The van der Waals surface area contributed by atoms with Gasteiger partial charge in [0, 0.05) is 23.5 Å². The Labute approximate surface area is 144 Å². The highest BCUT2D eigenvalue weighted by atomic mass is 35.5. The number of sulfone groups is 1. The number of benzene rings is 1. The van der Waals surface area contributed by atoms with Crippen molar-refractivity contribution >= 4 is 32.4 Å². The van der Waals surface area contributed by atoms with E-state index in [1.165, 1.54) is 6.07 Å². The van der Waals surface area contributed by atoms with Gasteiger partial charge in [-0.25, -0.2) is 13.2 Å². The topological polar surface area (TPSA) is 96.6 Å². The van der Waals surface area contributed by atoms with Gasteiger partial charge >= 0.3 is 5.63 Å². The molecule has 6 nitrogen and oxygen atoms in total. The molecule has 2 aromatic rings. The Morgan fingerprint density at radius 1 is 1.42 bits per heavy atom. The van der Waals surface area contributed by atoms with Crippen LogP contribution in [0.1, 0.15) is 24.5 Å². The maximum atomic E-state index is 11.7. The second kappa shape index (κ2) is 5.75. The van der Waals surface area contributed by atoms with Crippen LogP contribution in [0.15, 0.2) is 21.3 Å². The zero-order valence-corrected chi connectivity index (χ0v) is 14.9. The standard InChI is InChI=1S/C16H18ClNO5S/c1-9-5-13(19)23-15-10(9)6-12(17)14(20)11(15)7-18-16(2)3-4-24(21,22)8-16/h5-6,18,20H,3-4,7-8H2,1-2H3/t16-/m1/s1. The van der Waals surface area contributed by atoms with Gasteiger partial charge < -0.3 is 14.8 Å². The summed E-state index contributed by atoms with van der Waals surface area (Å²) < 4.78 is 28.7. The lowest BCUT2D eigenvalue weighted by atomic mass is 10.0. The number of phenols is 1. The highest BCUT2D eigenvalue weighted by Crippen LogP contribution is 2.36. The van der Waals surface area contributed by atoms with E-state index in [0.29, 0.717) is 22.9 Å². The third kappa shape index (κ3) is 3.16. The molecule has 1 saturated heterocycles. The summed E-state index contributed by atoms with van der Waals surface area (Å²) in [5, 5.41) is 14.2. The zero-order chi connectivity index (χ0) is 17.7. The number of aryl methyl sites for hydroxylation is 1. The number of rotatable bonds is 3. The van der Waals surface area contributed by atoms with Gasteiger partial charge in [-0.3, -0.25) is 0 Å². The van der Waals surface area contributed by atoms with E-state index in [1.54, 1.807) is 13.0 Å². The zero-order valence-electron chi connectivity index (χ0n) is 13.3. The molecule has 0 spiro atoms. The summed E-state index contributed by atoms with van der Waals surface area (Å²) in [5.74, 6) is -0.00951. The van der Waals surface area contributed by atoms with Crippen molar-refractivity contribution < 1.29 is 17.9 Å². The largest absolute Gasteiger partial charge is 0.506 e. The molecule has 1 fully saturated rings. The molecule has 0 unspecified atom stereocenters. The summed E-state index contributed by atoms with van der Waals surface area (Å²) in [6.07, 6.45) is 0.484. The van der Waals surface area contributed by atoms with Gasteiger partial charge in [0.25, 0.3) is 0 Å². The Morgan fingerprint density at radius 2 is 2.12 bits per heavy atom. The van der Waals surface area contributed by atoms with Gasteiger partial charge in [0.15, 0.2) is 9.84 Å². The second-order valence-electron chi connectivity index (χ2n) is 6.57. The van der Waals surface area contributed by atoms with Crippen LogP contribution in [0.5, 0.6) is 5.75 Å². The van der Waals surface area contributed by atoms with Gasteiger partial charge in [-0.05, 0) is 31.9 Å². The second-order valence-corrected chi connectivity index (χ2v) is 9.16. The number of aromatic hydroxyl groups is 1. The quantitative estimate of drug-likeness (QED) is 0.802. The number of phenolic OH excluding ortho intramolecular Hbond substituents is 1. The summed E-state index contributed by atoms with van der Waals surface area (Å²) in [4.78, 5) is 11.7. The van der Waals surface area contributed by atoms with E-state index >= 15 is 0 Å². The van der Waals surface area contributed by atoms with E-state index in [9.17, 15) is 18.3 Å². The van der Waals surface area contributed by atoms with Crippen LogP contribution in [0.2, 0.25) is 5.02 Å². The van der Waals surface area contributed by atoms with Gasteiger partial charge in [-0.1, -0.05) is 11.6 Å². The van der Waals surface area contributed by atoms with E-state index in [-0.39, 0.29) is 34.4 Å². The lowest BCUT2D eigenvalue weighted by Gasteiger charge is -2.24. The normalized spacial score (nSPS) is 23.0. The van der Waals surface area contributed by atoms with E-state index < -0.39 is 21.0 Å². The molecule has 0 aliphatic carbocycles. The molecule has 2 heterocycles. The molecule has 3 rings (SSSR count). The first-order chi connectivity index (χ1) is 11.1. The van der Waals surface area contributed by atoms with Crippen molar-refractivity contribution in [2.45, 2.75) is 32.4 Å². The van der Waals surface area contributed by atoms with Crippen molar-refractivity contribution in [2.75, 3.05) is 11.5 Å². The van der Waals surface area contributed by atoms with Gasteiger partial charge in [-0.2, -0.15) is 0 Å². The first-order valence-electron chi connectivity index (χ1n) is 7.50. The van der Waals surface area contributed by atoms with E-state index in [2.05, 4.69) is 5.32 Å². The van der Waals surface area contributed by atoms with Crippen molar-refractivity contribution in [3.05, 3.63) is 38.7 Å². The fourth-order valence-electron chi connectivity index (χ4n) is 3.08. The lowest BCUT2D eigenvalue weighted by Crippen LogP contribution is -2.42. The molecule has 1 aromatic heterocycles. The van der Waals surface area contributed by atoms with Crippen LogP contribution in [-0.2, 0) is 16.4 Å². The molecule has 0 saturated carbocycles. The fraction of sp³-hybridized carbons (Fsp3) is 0.438. The number of fused-ring (bicyclic) bond motifs is 1. The lowest BCUT2D eigenvalue weighted by molar-refractivity contribution is 0.387. The third-order valence-corrected chi connectivity index (χ3v) is 6.65. The summed E-state index contributed by atoms with van der Waals surface area (Å²) in [6, 6.07) is 2.91. The molecule has 1 aromatic carbocycles. The number of nitrogens with one attached hydrogen (secondary N) is 1. The molecule has 130 valence electrons. The Morgan fingerprint density at radius 3 is 2.75 bits per heavy atom. The van der Waals surface area contributed by atoms with Crippen LogP contribution in [0.4, 0.5) is 0 Å². The van der Waals surface area contributed by atoms with Gasteiger partial charge in [0.2, 0.25) is 0 Å². The molecule has 1 aliphatic rings. The minimum absolute atomic E-state index is 0.0300. The summed E-state index contributed by atoms with van der Waals surface area (Å²) in [7, 11) is -3.06. The highest BCUT2D eigenvalue weighted by Gasteiger charge is 2.38. The summed E-state index contributed by atoms with van der Waals surface area (Å²) >= 11 is 6.09. The third-order valence-electron chi connectivity index (χ3n) is 4.46. The van der Waals surface area contributed by atoms with Crippen LogP contribution in [0, 0.1) is 6.92 Å². The minimum atomic E-state index is -3.06. The van der Waals surface area contributed by atoms with Crippen LogP contribution in [0.25, 0.3) is 11.0 Å². The van der Waals surface area contributed by atoms with Crippen LogP contribution < -0.4 is 10.9 Å². The average molecular weight is 372 g/mol. The first kappa shape index (κ1) is 17.3. The highest BCUT2D eigenvalue weighted by molar-refractivity contribution is 7.91. The molecule has 1 atom stereocenters. The molecule has 24 heavy (non-hydrogen) atoms. The Balaban J connectivity index is 2.03. The van der Waals surface area contributed by atoms with Gasteiger partial charge in [-0.15, -0.1) is 0 Å². The maximum Gasteiger partial charge on any atom is 0.336 e. The molecule has 2 N–H and O–H groups in total. The predicted molar refractivity (Wildman–Crippen MR) is 92.4 cm³/mol. The molecule has 0 radical (unpaired) electrons. The number of hydrogen-bond acceptors (Lipinski definition) is 6. The number of halogens is 1. The SMILES string of the molecule is Cc1cc(=O)oc2c(CN[C@]3(C)CCS(=O)(=O)C3)c(O)c(Cl)cc12.